The Hall–Kier alpha value is -0.0800. The fraction of sp³-hybridized carbons (Fsp3) is 1.00. The lowest BCUT2D eigenvalue weighted by atomic mass is 9.92. The van der Waals surface area contributed by atoms with Gasteiger partial charge in [-0.3, -0.25) is 0 Å². The molecule has 1 atom stereocenters. The van der Waals surface area contributed by atoms with Crippen LogP contribution in [0.2, 0.25) is 0 Å². The van der Waals surface area contributed by atoms with Crippen LogP contribution in [0.5, 0.6) is 0 Å². The summed E-state index contributed by atoms with van der Waals surface area (Å²) in [6.07, 6.45) is 6.84. The third kappa shape index (κ3) is 3.97. The molecule has 0 aliphatic heterocycles. The van der Waals surface area contributed by atoms with Crippen molar-refractivity contribution in [2.24, 2.45) is 5.92 Å². The van der Waals surface area contributed by atoms with Gasteiger partial charge in [-0.1, -0.05) is 20.3 Å². The molecule has 0 radical (unpaired) electrons. The Kier molecular flexibility index (Phi) is 5.49. The first-order valence-electron chi connectivity index (χ1n) is 6.02. The summed E-state index contributed by atoms with van der Waals surface area (Å²) in [6, 6.07) is 0.746. The van der Waals surface area contributed by atoms with E-state index in [9.17, 15) is 0 Å². The van der Waals surface area contributed by atoms with Crippen molar-refractivity contribution in [3.63, 3.8) is 0 Å². The minimum Gasteiger partial charge on any atom is -0.381 e. The first kappa shape index (κ1) is 12.0. The molecule has 2 nitrogen and oxygen atoms in total. The molecule has 1 unspecified atom stereocenters. The van der Waals surface area contributed by atoms with Crippen LogP contribution in [0, 0.1) is 5.92 Å². The second-order valence-corrected chi connectivity index (χ2v) is 4.63. The Balaban J connectivity index is 2.10. The van der Waals surface area contributed by atoms with E-state index in [1.54, 1.807) is 0 Å². The third-order valence-corrected chi connectivity index (χ3v) is 3.46. The summed E-state index contributed by atoms with van der Waals surface area (Å²) < 4.78 is 5.36. The summed E-state index contributed by atoms with van der Waals surface area (Å²) in [7, 11) is 1.83. The molecular weight excluding hydrogens is 174 g/mol. The molecule has 1 saturated carbocycles. The Morgan fingerprint density at radius 1 is 1.29 bits per heavy atom. The predicted molar refractivity (Wildman–Crippen MR) is 60.5 cm³/mol. The maximum atomic E-state index is 5.36. The predicted octanol–water partition coefficient (Wildman–Crippen LogP) is 2.58. The maximum absolute atomic E-state index is 5.36. The molecule has 1 aliphatic carbocycles. The SMILES string of the molecule is CCC(C)CNC1CCC(OC)CC1. The highest BCUT2D eigenvalue weighted by Crippen LogP contribution is 2.20. The van der Waals surface area contributed by atoms with Crippen molar-refractivity contribution >= 4 is 0 Å². The van der Waals surface area contributed by atoms with Crippen LogP contribution >= 0.6 is 0 Å². The molecule has 2 heteroatoms. The number of rotatable bonds is 5. The van der Waals surface area contributed by atoms with E-state index >= 15 is 0 Å². The lowest BCUT2D eigenvalue weighted by molar-refractivity contribution is 0.0622. The molecule has 0 aromatic carbocycles. The van der Waals surface area contributed by atoms with Crippen LogP contribution in [0.4, 0.5) is 0 Å². The van der Waals surface area contributed by atoms with Crippen LogP contribution in [0.15, 0.2) is 0 Å². The van der Waals surface area contributed by atoms with Gasteiger partial charge < -0.3 is 10.1 Å². The lowest BCUT2D eigenvalue weighted by Crippen LogP contribution is -2.37. The summed E-state index contributed by atoms with van der Waals surface area (Å²) in [5, 5.41) is 3.66. The molecule has 14 heavy (non-hydrogen) atoms. The quantitative estimate of drug-likeness (QED) is 0.735. The molecule has 1 rings (SSSR count). The molecule has 1 aliphatic rings. The van der Waals surface area contributed by atoms with E-state index < -0.39 is 0 Å². The highest BCUT2D eigenvalue weighted by Gasteiger charge is 2.20. The van der Waals surface area contributed by atoms with E-state index in [1.165, 1.54) is 38.6 Å². The minimum atomic E-state index is 0.525. The summed E-state index contributed by atoms with van der Waals surface area (Å²) in [6.45, 7) is 5.75. The van der Waals surface area contributed by atoms with Gasteiger partial charge in [-0.05, 0) is 38.1 Å². The van der Waals surface area contributed by atoms with Gasteiger partial charge >= 0.3 is 0 Å². The molecule has 0 amide bonds. The molecule has 0 spiro atoms. The van der Waals surface area contributed by atoms with Gasteiger partial charge in [0.05, 0.1) is 6.10 Å². The van der Waals surface area contributed by atoms with Crippen molar-refractivity contribution in [3.8, 4) is 0 Å². The van der Waals surface area contributed by atoms with Crippen LogP contribution in [0.3, 0.4) is 0 Å². The van der Waals surface area contributed by atoms with Crippen molar-refractivity contribution in [2.75, 3.05) is 13.7 Å². The standard InChI is InChI=1S/C12H25NO/c1-4-10(2)9-13-11-5-7-12(14-3)8-6-11/h10-13H,4-9H2,1-3H3. The second-order valence-electron chi connectivity index (χ2n) is 4.63. The van der Waals surface area contributed by atoms with Gasteiger partial charge in [-0.15, -0.1) is 0 Å². The van der Waals surface area contributed by atoms with Crippen molar-refractivity contribution in [1.82, 2.24) is 5.32 Å². The Morgan fingerprint density at radius 2 is 1.93 bits per heavy atom. The fourth-order valence-corrected chi connectivity index (χ4v) is 2.01. The molecule has 84 valence electrons. The number of nitrogens with one attached hydrogen (secondary N) is 1. The number of hydrogen-bond acceptors (Lipinski definition) is 2. The van der Waals surface area contributed by atoms with Gasteiger partial charge in [-0.25, -0.2) is 0 Å². The van der Waals surface area contributed by atoms with E-state index in [2.05, 4.69) is 19.2 Å². The minimum absolute atomic E-state index is 0.525. The van der Waals surface area contributed by atoms with E-state index in [-0.39, 0.29) is 0 Å². The Labute approximate surface area is 88.4 Å². The summed E-state index contributed by atoms with van der Waals surface area (Å²) >= 11 is 0. The maximum Gasteiger partial charge on any atom is 0.0572 e. The number of methoxy groups -OCH3 is 1. The molecule has 0 bridgehead atoms. The molecule has 1 N–H and O–H groups in total. The topological polar surface area (TPSA) is 21.3 Å². The van der Waals surface area contributed by atoms with Crippen LogP contribution < -0.4 is 5.32 Å². The van der Waals surface area contributed by atoms with E-state index in [1.807, 2.05) is 7.11 Å². The van der Waals surface area contributed by atoms with Crippen molar-refractivity contribution < 1.29 is 4.74 Å². The first-order chi connectivity index (χ1) is 6.76. The number of hydrogen-bond donors (Lipinski definition) is 1. The van der Waals surface area contributed by atoms with Gasteiger partial charge in [0.1, 0.15) is 0 Å². The number of ether oxygens (including phenoxy) is 1. The molecule has 1 fully saturated rings. The first-order valence-corrected chi connectivity index (χ1v) is 6.02. The largest absolute Gasteiger partial charge is 0.381 e. The van der Waals surface area contributed by atoms with E-state index in [0.29, 0.717) is 6.10 Å². The average Bonchev–Trinajstić information content (AvgIpc) is 2.26. The monoisotopic (exact) mass is 199 g/mol. The molecule has 0 saturated heterocycles. The van der Waals surface area contributed by atoms with Gasteiger partial charge in [0.15, 0.2) is 0 Å². The van der Waals surface area contributed by atoms with Gasteiger partial charge in [0, 0.05) is 13.2 Å². The normalized spacial score (nSPS) is 30.2. The summed E-state index contributed by atoms with van der Waals surface area (Å²) in [4.78, 5) is 0. The van der Waals surface area contributed by atoms with Crippen LogP contribution in [-0.2, 0) is 4.74 Å². The summed E-state index contributed by atoms with van der Waals surface area (Å²) in [5.74, 6) is 0.815. The van der Waals surface area contributed by atoms with Crippen molar-refractivity contribution in [1.29, 1.82) is 0 Å². The third-order valence-electron chi connectivity index (χ3n) is 3.46. The van der Waals surface area contributed by atoms with Gasteiger partial charge in [0.25, 0.3) is 0 Å². The zero-order valence-corrected chi connectivity index (χ0v) is 9.88. The average molecular weight is 199 g/mol. The smallest absolute Gasteiger partial charge is 0.0572 e. The van der Waals surface area contributed by atoms with Gasteiger partial charge in [0.2, 0.25) is 0 Å². The zero-order valence-electron chi connectivity index (χ0n) is 9.88. The molecule has 0 heterocycles. The Bertz CT molecular complexity index is 141. The second kappa shape index (κ2) is 6.41. The van der Waals surface area contributed by atoms with Crippen LogP contribution in [0.1, 0.15) is 46.0 Å². The highest BCUT2D eigenvalue weighted by molar-refractivity contribution is 4.77. The molecular formula is C12H25NO. The van der Waals surface area contributed by atoms with Crippen molar-refractivity contribution in [2.45, 2.75) is 58.1 Å². The summed E-state index contributed by atoms with van der Waals surface area (Å²) in [5.41, 5.74) is 0. The molecule has 0 aromatic rings. The highest BCUT2D eigenvalue weighted by atomic mass is 16.5. The fourth-order valence-electron chi connectivity index (χ4n) is 2.01. The Morgan fingerprint density at radius 3 is 2.43 bits per heavy atom. The zero-order chi connectivity index (χ0) is 10.4. The van der Waals surface area contributed by atoms with Gasteiger partial charge in [-0.2, -0.15) is 0 Å². The van der Waals surface area contributed by atoms with Crippen LogP contribution in [0.25, 0.3) is 0 Å². The lowest BCUT2D eigenvalue weighted by Gasteiger charge is -2.29. The molecule has 0 aromatic heterocycles. The van der Waals surface area contributed by atoms with Crippen molar-refractivity contribution in [3.05, 3.63) is 0 Å². The van der Waals surface area contributed by atoms with Crippen LogP contribution in [-0.4, -0.2) is 25.8 Å². The van der Waals surface area contributed by atoms with E-state index in [4.69, 9.17) is 4.74 Å². The van der Waals surface area contributed by atoms with E-state index in [0.717, 1.165) is 12.0 Å².